The van der Waals surface area contributed by atoms with Crippen LogP contribution in [-0.2, 0) is 16.8 Å². The van der Waals surface area contributed by atoms with E-state index in [1.807, 2.05) is 18.2 Å². The van der Waals surface area contributed by atoms with Gasteiger partial charge in [-0.25, -0.2) is 9.37 Å². The molecule has 0 spiro atoms. The molecule has 6 heteroatoms. The van der Waals surface area contributed by atoms with Crippen molar-refractivity contribution in [2.24, 2.45) is 5.73 Å². The van der Waals surface area contributed by atoms with Crippen LogP contribution in [0.1, 0.15) is 17.5 Å². The average molecular weight is 301 g/mol. The lowest BCUT2D eigenvalue weighted by Gasteiger charge is -2.24. The summed E-state index contributed by atoms with van der Waals surface area (Å²) in [5.41, 5.74) is 6.92. The largest absolute Gasteiger partial charge is 0.496 e. The van der Waals surface area contributed by atoms with E-state index in [0.717, 1.165) is 23.1 Å². The number of amides is 1. The molecule has 3 rings (SSSR count). The van der Waals surface area contributed by atoms with Gasteiger partial charge in [0, 0.05) is 0 Å². The predicted molar refractivity (Wildman–Crippen MR) is 80.0 cm³/mol. The number of hydrogen-bond donors (Lipinski definition) is 2. The van der Waals surface area contributed by atoms with Gasteiger partial charge in [0.05, 0.1) is 13.3 Å². The zero-order valence-electron chi connectivity index (χ0n) is 12.1. The molecule has 1 aromatic heterocycles. The number of nitrogens with zero attached hydrogens (tertiary/aromatic N) is 1. The van der Waals surface area contributed by atoms with Crippen LogP contribution in [0.5, 0.6) is 5.75 Å². The van der Waals surface area contributed by atoms with Crippen LogP contribution in [0.4, 0.5) is 10.2 Å². The van der Waals surface area contributed by atoms with Crippen molar-refractivity contribution in [2.75, 3.05) is 12.4 Å². The zero-order chi connectivity index (χ0) is 15.7. The van der Waals surface area contributed by atoms with Crippen LogP contribution in [0.25, 0.3) is 0 Å². The molecule has 1 heterocycles. The summed E-state index contributed by atoms with van der Waals surface area (Å²) in [5.74, 6) is 0.181. The van der Waals surface area contributed by atoms with E-state index in [9.17, 15) is 9.18 Å². The third-order valence-electron chi connectivity index (χ3n) is 3.98. The van der Waals surface area contributed by atoms with Gasteiger partial charge in [0.25, 0.3) is 0 Å². The fourth-order valence-corrected chi connectivity index (χ4v) is 2.80. The number of fused-ring (bicyclic) bond motifs is 1. The van der Waals surface area contributed by atoms with Crippen LogP contribution in [0.15, 0.2) is 36.5 Å². The van der Waals surface area contributed by atoms with Gasteiger partial charge in [0.1, 0.15) is 22.9 Å². The normalized spacial score (nSPS) is 19.6. The first-order chi connectivity index (χ1) is 10.5. The summed E-state index contributed by atoms with van der Waals surface area (Å²) in [7, 11) is 1.59. The topological polar surface area (TPSA) is 77.2 Å². The van der Waals surface area contributed by atoms with Gasteiger partial charge in [-0.1, -0.05) is 12.1 Å². The fourth-order valence-electron chi connectivity index (χ4n) is 2.80. The molecule has 1 aliphatic rings. The highest BCUT2D eigenvalue weighted by atomic mass is 19.1. The molecule has 22 heavy (non-hydrogen) atoms. The Kier molecular flexibility index (Phi) is 3.54. The number of methoxy groups -OCH3 is 1. The van der Waals surface area contributed by atoms with E-state index in [4.69, 9.17) is 10.5 Å². The Morgan fingerprint density at radius 1 is 1.41 bits per heavy atom. The molecule has 5 nitrogen and oxygen atoms in total. The number of carbonyl (C=O) groups is 1. The molecule has 1 amide bonds. The van der Waals surface area contributed by atoms with Crippen LogP contribution in [0.3, 0.4) is 0 Å². The average Bonchev–Trinajstić information content (AvgIpc) is 2.88. The smallest absolute Gasteiger partial charge is 0.250 e. The Labute approximate surface area is 127 Å². The van der Waals surface area contributed by atoms with Crippen LogP contribution in [0, 0.1) is 5.82 Å². The third-order valence-corrected chi connectivity index (χ3v) is 3.98. The monoisotopic (exact) mass is 301 g/mol. The molecule has 0 saturated heterocycles. The van der Waals surface area contributed by atoms with E-state index in [0.29, 0.717) is 12.8 Å². The van der Waals surface area contributed by atoms with Crippen molar-refractivity contribution < 1.29 is 13.9 Å². The lowest BCUT2D eigenvalue weighted by molar-refractivity contribution is -0.121. The summed E-state index contributed by atoms with van der Waals surface area (Å²) in [6, 6.07) is 8.13. The van der Waals surface area contributed by atoms with Crippen molar-refractivity contribution in [1.29, 1.82) is 0 Å². The maximum Gasteiger partial charge on any atom is 0.250 e. The predicted octanol–water partition coefficient (Wildman–Crippen LogP) is 1.97. The van der Waals surface area contributed by atoms with Crippen molar-refractivity contribution in [3.05, 3.63) is 53.5 Å². The van der Waals surface area contributed by atoms with Crippen molar-refractivity contribution in [2.45, 2.75) is 18.4 Å². The Morgan fingerprint density at radius 2 is 2.23 bits per heavy atom. The summed E-state index contributed by atoms with van der Waals surface area (Å²) in [5, 5.41) is 2.65. The third kappa shape index (κ3) is 2.31. The van der Waals surface area contributed by atoms with Crippen LogP contribution in [-0.4, -0.2) is 18.0 Å². The number of benzene rings is 1. The number of nitrogens with one attached hydrogen (secondary N) is 1. The van der Waals surface area contributed by atoms with E-state index < -0.39 is 11.4 Å². The van der Waals surface area contributed by atoms with Crippen LogP contribution in [0.2, 0.25) is 0 Å². The van der Waals surface area contributed by atoms with E-state index >= 15 is 0 Å². The van der Waals surface area contributed by atoms with Crippen molar-refractivity contribution >= 4 is 11.7 Å². The van der Waals surface area contributed by atoms with E-state index in [2.05, 4.69) is 10.3 Å². The minimum Gasteiger partial charge on any atom is -0.496 e. The number of halogens is 1. The summed E-state index contributed by atoms with van der Waals surface area (Å²) >= 11 is 0. The van der Waals surface area contributed by atoms with E-state index in [1.54, 1.807) is 7.11 Å². The van der Waals surface area contributed by atoms with Gasteiger partial charge in [-0.2, -0.15) is 0 Å². The highest BCUT2D eigenvalue weighted by Crippen LogP contribution is 2.40. The first kappa shape index (κ1) is 14.5. The van der Waals surface area contributed by atoms with Crippen molar-refractivity contribution in [3.8, 4) is 5.75 Å². The minimum atomic E-state index is -1.14. The van der Waals surface area contributed by atoms with Crippen LogP contribution >= 0.6 is 0 Å². The van der Waals surface area contributed by atoms with Gasteiger partial charge in [-0.05, 0) is 42.2 Å². The quantitative estimate of drug-likeness (QED) is 0.908. The number of rotatable bonds is 3. The molecule has 114 valence electrons. The van der Waals surface area contributed by atoms with Gasteiger partial charge < -0.3 is 15.8 Å². The first-order valence-corrected chi connectivity index (χ1v) is 6.93. The Balaban J connectivity index is 1.89. The molecule has 1 aromatic carbocycles. The van der Waals surface area contributed by atoms with Gasteiger partial charge in [-0.3, -0.25) is 4.79 Å². The van der Waals surface area contributed by atoms with E-state index in [-0.39, 0.29) is 11.7 Å². The van der Waals surface area contributed by atoms with Gasteiger partial charge in [0.15, 0.2) is 0 Å². The fraction of sp³-hybridized carbons (Fsp3) is 0.250. The summed E-state index contributed by atoms with van der Waals surface area (Å²) < 4.78 is 18.2. The Bertz CT molecular complexity index is 718. The lowest BCUT2D eigenvalue weighted by atomic mass is 9.92. The molecular formula is C16H16FN3O2. The number of nitrogens with two attached hydrogens (primary N) is 1. The standard InChI is InChI=1S/C16H16FN3O2/c1-22-13-4-2-3-12-11(13)7-8-16(12,18)15(21)20-14-6-5-10(17)9-19-14/h2-6,9H,7-8,18H2,1H3,(H,19,20,21). The number of pyridine rings is 1. The molecule has 2 aromatic rings. The number of hydrogen-bond acceptors (Lipinski definition) is 4. The molecule has 0 bridgehead atoms. The first-order valence-electron chi connectivity index (χ1n) is 6.93. The highest BCUT2D eigenvalue weighted by Gasteiger charge is 2.43. The Morgan fingerprint density at radius 3 is 2.91 bits per heavy atom. The summed E-state index contributed by atoms with van der Waals surface area (Å²) in [4.78, 5) is 16.4. The zero-order valence-corrected chi connectivity index (χ0v) is 12.1. The number of anilines is 1. The molecule has 1 unspecified atom stereocenters. The summed E-state index contributed by atoms with van der Waals surface area (Å²) in [6.07, 6.45) is 2.19. The second kappa shape index (κ2) is 5.38. The number of ether oxygens (including phenoxy) is 1. The lowest BCUT2D eigenvalue weighted by Crippen LogP contribution is -2.46. The highest BCUT2D eigenvalue weighted by molar-refractivity contribution is 5.99. The maximum absolute atomic E-state index is 12.9. The number of carbonyl (C=O) groups excluding carboxylic acids is 1. The molecule has 0 saturated carbocycles. The second-order valence-electron chi connectivity index (χ2n) is 5.27. The van der Waals surface area contributed by atoms with Gasteiger partial charge >= 0.3 is 0 Å². The summed E-state index contributed by atoms with van der Waals surface area (Å²) in [6.45, 7) is 0. The molecule has 1 aliphatic carbocycles. The molecule has 3 N–H and O–H groups in total. The van der Waals surface area contributed by atoms with Gasteiger partial charge in [-0.15, -0.1) is 0 Å². The van der Waals surface area contributed by atoms with Gasteiger partial charge in [0.2, 0.25) is 5.91 Å². The minimum absolute atomic E-state index is 0.271. The second-order valence-corrected chi connectivity index (χ2v) is 5.27. The van der Waals surface area contributed by atoms with Crippen molar-refractivity contribution in [3.63, 3.8) is 0 Å². The maximum atomic E-state index is 12.9. The Hall–Kier alpha value is -2.47. The van der Waals surface area contributed by atoms with Crippen molar-refractivity contribution in [1.82, 2.24) is 4.98 Å². The molecular weight excluding hydrogens is 285 g/mol. The molecule has 0 radical (unpaired) electrons. The van der Waals surface area contributed by atoms with Crippen LogP contribution < -0.4 is 15.8 Å². The SMILES string of the molecule is COc1cccc2c1CCC2(N)C(=O)Nc1ccc(F)cn1. The number of aromatic nitrogens is 1. The molecule has 0 aliphatic heterocycles. The molecule has 1 atom stereocenters. The molecule has 0 fully saturated rings. The van der Waals surface area contributed by atoms with E-state index in [1.165, 1.54) is 12.1 Å².